The molecule has 0 unspecified atom stereocenters. The number of ether oxygens (including phenoxy) is 1. The number of carbonyl (C=O) groups excluding carboxylic acids is 4. The van der Waals surface area contributed by atoms with Crippen LogP contribution in [0.4, 0.5) is 10.5 Å². The molecule has 3 aliphatic rings. The molecular weight excluding hydrogens is 386 g/mol. The molecule has 2 heterocycles. The summed E-state index contributed by atoms with van der Waals surface area (Å²) in [6, 6.07) is 6.68. The summed E-state index contributed by atoms with van der Waals surface area (Å²) in [6.07, 6.45) is 3.19. The van der Waals surface area contributed by atoms with E-state index < -0.39 is 0 Å². The molecule has 160 valence electrons. The fourth-order valence-corrected chi connectivity index (χ4v) is 4.66. The standard InChI is InChI=1S/C22H27N3O5/c1-2-30-22(29)24-13-11-23(12-14-24)19(26)15-7-9-16(10-8-15)25-20(27)17-5-3-4-6-18(17)21(25)28/h7-10,17-18H,2-6,11-14H2,1H3/t17-,18-/m1/s1. The summed E-state index contributed by atoms with van der Waals surface area (Å²) in [5.41, 5.74) is 1.03. The second-order valence-electron chi connectivity index (χ2n) is 8.03. The summed E-state index contributed by atoms with van der Waals surface area (Å²) < 4.78 is 5.00. The number of carbonyl (C=O) groups is 4. The van der Waals surface area contributed by atoms with Crippen LogP contribution >= 0.6 is 0 Å². The van der Waals surface area contributed by atoms with Gasteiger partial charge in [-0.25, -0.2) is 4.79 Å². The molecule has 1 saturated carbocycles. The second-order valence-corrected chi connectivity index (χ2v) is 8.03. The lowest BCUT2D eigenvalue weighted by molar-refractivity contribution is -0.122. The van der Waals surface area contributed by atoms with Crippen LogP contribution in [0.2, 0.25) is 0 Å². The minimum atomic E-state index is -0.352. The van der Waals surface area contributed by atoms with Gasteiger partial charge in [-0.2, -0.15) is 0 Å². The predicted molar refractivity (Wildman–Crippen MR) is 109 cm³/mol. The van der Waals surface area contributed by atoms with E-state index in [0.29, 0.717) is 44.0 Å². The Morgan fingerprint density at radius 1 is 0.900 bits per heavy atom. The molecule has 30 heavy (non-hydrogen) atoms. The maximum atomic E-state index is 12.8. The highest BCUT2D eigenvalue weighted by Gasteiger charge is 2.48. The largest absolute Gasteiger partial charge is 0.450 e. The smallest absolute Gasteiger partial charge is 0.409 e. The molecule has 0 spiro atoms. The topological polar surface area (TPSA) is 87.2 Å². The average Bonchev–Trinajstić information content (AvgIpc) is 3.04. The number of amides is 4. The zero-order valence-electron chi connectivity index (χ0n) is 17.2. The van der Waals surface area contributed by atoms with Gasteiger partial charge in [0, 0.05) is 31.7 Å². The Kier molecular flexibility index (Phi) is 5.74. The van der Waals surface area contributed by atoms with Crippen molar-refractivity contribution in [2.75, 3.05) is 37.7 Å². The average molecular weight is 413 g/mol. The van der Waals surface area contributed by atoms with Crippen molar-refractivity contribution < 1.29 is 23.9 Å². The number of hydrogen-bond acceptors (Lipinski definition) is 5. The van der Waals surface area contributed by atoms with Gasteiger partial charge in [-0.1, -0.05) is 12.8 Å². The van der Waals surface area contributed by atoms with Gasteiger partial charge in [0.15, 0.2) is 0 Å². The Bertz CT molecular complexity index is 821. The van der Waals surface area contributed by atoms with Gasteiger partial charge in [-0.3, -0.25) is 19.3 Å². The van der Waals surface area contributed by atoms with Crippen LogP contribution in [0, 0.1) is 11.8 Å². The van der Waals surface area contributed by atoms with Gasteiger partial charge in [0.05, 0.1) is 24.1 Å². The molecule has 2 saturated heterocycles. The molecule has 1 aromatic rings. The van der Waals surface area contributed by atoms with Crippen LogP contribution in [0.1, 0.15) is 43.0 Å². The summed E-state index contributed by atoms with van der Waals surface area (Å²) >= 11 is 0. The fourth-order valence-electron chi connectivity index (χ4n) is 4.66. The molecule has 3 fully saturated rings. The van der Waals surface area contributed by atoms with E-state index in [4.69, 9.17) is 4.74 Å². The van der Waals surface area contributed by atoms with Crippen molar-refractivity contribution in [3.8, 4) is 0 Å². The summed E-state index contributed by atoms with van der Waals surface area (Å²) in [5, 5.41) is 0. The van der Waals surface area contributed by atoms with Crippen molar-refractivity contribution in [2.24, 2.45) is 11.8 Å². The lowest BCUT2D eigenvalue weighted by atomic mass is 9.81. The zero-order valence-corrected chi connectivity index (χ0v) is 17.2. The quantitative estimate of drug-likeness (QED) is 0.710. The number of anilines is 1. The maximum Gasteiger partial charge on any atom is 0.409 e. The molecule has 0 radical (unpaired) electrons. The van der Waals surface area contributed by atoms with Crippen molar-refractivity contribution >= 4 is 29.5 Å². The molecule has 8 nitrogen and oxygen atoms in total. The first kappa shape index (κ1) is 20.4. The predicted octanol–water partition coefficient (Wildman–Crippen LogP) is 2.28. The molecule has 0 N–H and O–H groups in total. The van der Waals surface area contributed by atoms with E-state index in [9.17, 15) is 19.2 Å². The Morgan fingerprint density at radius 2 is 1.43 bits per heavy atom. The van der Waals surface area contributed by atoms with Gasteiger partial charge in [0.1, 0.15) is 0 Å². The first-order chi connectivity index (χ1) is 14.5. The molecule has 1 aliphatic carbocycles. The van der Waals surface area contributed by atoms with Crippen molar-refractivity contribution in [3.05, 3.63) is 29.8 Å². The number of fused-ring (bicyclic) bond motifs is 1. The van der Waals surface area contributed by atoms with Crippen molar-refractivity contribution in [1.82, 2.24) is 9.80 Å². The third-order valence-corrected chi connectivity index (χ3v) is 6.31. The first-order valence-electron chi connectivity index (χ1n) is 10.7. The maximum absolute atomic E-state index is 12.8. The lowest BCUT2D eigenvalue weighted by Gasteiger charge is -2.34. The third-order valence-electron chi connectivity index (χ3n) is 6.31. The van der Waals surface area contributed by atoms with E-state index in [1.165, 1.54) is 4.90 Å². The summed E-state index contributed by atoms with van der Waals surface area (Å²) in [5.74, 6) is -0.734. The minimum absolute atomic E-state index is 0.112. The number of benzene rings is 1. The van der Waals surface area contributed by atoms with Crippen LogP contribution < -0.4 is 4.90 Å². The van der Waals surface area contributed by atoms with E-state index in [1.54, 1.807) is 41.0 Å². The fraction of sp³-hybridized carbons (Fsp3) is 0.545. The number of piperazine rings is 1. The Labute approximate surface area is 175 Å². The zero-order chi connectivity index (χ0) is 21.3. The van der Waals surface area contributed by atoms with Gasteiger partial charge in [-0.05, 0) is 44.0 Å². The number of rotatable bonds is 3. The van der Waals surface area contributed by atoms with E-state index in [-0.39, 0.29) is 35.7 Å². The van der Waals surface area contributed by atoms with Gasteiger partial charge < -0.3 is 14.5 Å². The number of nitrogens with zero attached hydrogens (tertiary/aromatic N) is 3. The SMILES string of the molecule is CCOC(=O)N1CCN(C(=O)c2ccc(N3C(=O)[C@@H]4CCCC[C@H]4C3=O)cc2)CC1. The van der Waals surface area contributed by atoms with Gasteiger partial charge in [0.2, 0.25) is 11.8 Å². The molecule has 2 atom stereocenters. The molecular formula is C22H27N3O5. The second kappa shape index (κ2) is 8.45. The monoisotopic (exact) mass is 413 g/mol. The van der Waals surface area contributed by atoms with Crippen molar-refractivity contribution in [2.45, 2.75) is 32.6 Å². The van der Waals surface area contributed by atoms with E-state index in [0.717, 1.165) is 25.7 Å². The summed E-state index contributed by atoms with van der Waals surface area (Å²) in [6.45, 7) is 3.83. The third kappa shape index (κ3) is 3.66. The molecule has 2 aliphatic heterocycles. The van der Waals surface area contributed by atoms with Crippen molar-refractivity contribution in [1.29, 1.82) is 0 Å². The van der Waals surface area contributed by atoms with Crippen LogP contribution in [-0.2, 0) is 14.3 Å². The highest BCUT2D eigenvalue weighted by atomic mass is 16.6. The molecule has 1 aromatic carbocycles. The highest BCUT2D eigenvalue weighted by molar-refractivity contribution is 6.22. The number of imide groups is 1. The summed E-state index contributed by atoms with van der Waals surface area (Å²) in [4.78, 5) is 54.7. The normalized spacial score (nSPS) is 24.1. The molecule has 8 heteroatoms. The van der Waals surface area contributed by atoms with Gasteiger partial charge in [0.25, 0.3) is 5.91 Å². The van der Waals surface area contributed by atoms with Gasteiger partial charge in [-0.15, -0.1) is 0 Å². The molecule has 0 aromatic heterocycles. The van der Waals surface area contributed by atoms with E-state index >= 15 is 0 Å². The van der Waals surface area contributed by atoms with Crippen molar-refractivity contribution in [3.63, 3.8) is 0 Å². The van der Waals surface area contributed by atoms with Crippen LogP contribution in [0.15, 0.2) is 24.3 Å². The Morgan fingerprint density at radius 3 is 1.97 bits per heavy atom. The van der Waals surface area contributed by atoms with Crippen LogP contribution in [0.25, 0.3) is 0 Å². The first-order valence-corrected chi connectivity index (χ1v) is 10.7. The molecule has 4 rings (SSSR count). The Balaban J connectivity index is 1.40. The van der Waals surface area contributed by atoms with Crippen LogP contribution in [-0.4, -0.2) is 66.4 Å². The Hall–Kier alpha value is -2.90. The number of hydrogen-bond donors (Lipinski definition) is 0. The lowest BCUT2D eigenvalue weighted by Crippen LogP contribution is -2.50. The minimum Gasteiger partial charge on any atom is -0.450 e. The molecule has 4 amide bonds. The van der Waals surface area contributed by atoms with Crippen LogP contribution in [0.5, 0.6) is 0 Å². The summed E-state index contributed by atoms with van der Waals surface area (Å²) in [7, 11) is 0. The van der Waals surface area contributed by atoms with Crippen LogP contribution in [0.3, 0.4) is 0 Å². The molecule has 0 bridgehead atoms. The highest BCUT2D eigenvalue weighted by Crippen LogP contribution is 2.40. The van der Waals surface area contributed by atoms with E-state index in [2.05, 4.69) is 0 Å². The van der Waals surface area contributed by atoms with Gasteiger partial charge >= 0.3 is 6.09 Å². The van der Waals surface area contributed by atoms with E-state index in [1.807, 2.05) is 0 Å².